The van der Waals surface area contributed by atoms with E-state index in [1.165, 1.54) is 238 Å². The van der Waals surface area contributed by atoms with E-state index in [-0.39, 0.29) is 32.0 Å². The first kappa shape index (κ1) is 101. The Morgan fingerprint density at radius 1 is 0.305 bits per heavy atom. The summed E-state index contributed by atoms with van der Waals surface area (Å²) in [6, 6.07) is 0. The predicted octanol–water partition coefficient (Wildman–Crippen LogP) is 30.0. The van der Waals surface area contributed by atoms with Gasteiger partial charge in [0, 0.05) is 12.8 Å². The van der Waals surface area contributed by atoms with Crippen molar-refractivity contribution >= 4 is 19.8 Å². The molecule has 2 atom stereocenters. The van der Waals surface area contributed by atoms with Crippen molar-refractivity contribution in [1.29, 1.82) is 0 Å². The van der Waals surface area contributed by atoms with Crippen molar-refractivity contribution in [3.8, 4) is 0 Å². The largest absolute Gasteiger partial charge is 0.472 e. The molecule has 604 valence electrons. The van der Waals surface area contributed by atoms with Crippen LogP contribution in [0.25, 0.3) is 0 Å². The molecule has 0 spiro atoms. The molecule has 0 aromatic heterocycles. The van der Waals surface area contributed by atoms with Gasteiger partial charge >= 0.3 is 19.8 Å². The molecule has 0 heterocycles. The summed E-state index contributed by atoms with van der Waals surface area (Å²) < 4.78 is 34.8. The summed E-state index contributed by atoms with van der Waals surface area (Å²) in [6.07, 6.45) is 125. The Bertz CT molecular complexity index is 2290. The van der Waals surface area contributed by atoms with E-state index >= 15 is 0 Å². The number of nitrogens with zero attached hydrogens (tertiary/aromatic N) is 1. The third-order valence-electron chi connectivity index (χ3n) is 19.1. The van der Waals surface area contributed by atoms with Gasteiger partial charge in [-0.15, -0.1) is 0 Å². The third-order valence-corrected chi connectivity index (χ3v) is 20.1. The van der Waals surface area contributed by atoms with Crippen LogP contribution in [-0.2, 0) is 32.7 Å². The number of carbonyl (C=O) groups is 2. The number of quaternary nitrogens is 1. The second-order valence-electron chi connectivity index (χ2n) is 30.6. The van der Waals surface area contributed by atoms with Crippen molar-refractivity contribution in [1.82, 2.24) is 0 Å². The van der Waals surface area contributed by atoms with Crippen molar-refractivity contribution in [2.45, 2.75) is 399 Å². The van der Waals surface area contributed by atoms with E-state index in [4.69, 9.17) is 18.5 Å². The molecule has 0 radical (unpaired) electrons. The Hall–Kier alpha value is -4.11. The zero-order chi connectivity index (χ0) is 76.1. The lowest BCUT2D eigenvalue weighted by Crippen LogP contribution is -2.37. The number of rotatable bonds is 81. The molecule has 0 aliphatic carbocycles. The van der Waals surface area contributed by atoms with Crippen LogP contribution < -0.4 is 0 Å². The van der Waals surface area contributed by atoms with Gasteiger partial charge in [-0.3, -0.25) is 18.6 Å². The fourth-order valence-corrected chi connectivity index (χ4v) is 13.2. The van der Waals surface area contributed by atoms with Crippen molar-refractivity contribution in [3.63, 3.8) is 0 Å². The van der Waals surface area contributed by atoms with E-state index in [2.05, 4.69) is 160 Å². The van der Waals surface area contributed by atoms with Crippen LogP contribution in [0.1, 0.15) is 393 Å². The SMILES string of the molecule is CC/C=C\C/C=C\C/C=C\C/C=C\C/C=C\C/C=C\C/C=C\C/C=C\C/C=C\C/C=C\C/C=C\C/C=C\CCCCCCC(=O)OC(COC(=O)CCCCCCCCCCCCCCCCCCCCCCCCCCCCCCCCCCCCCCCCCC)COP(=O)(O)OCC[N+](C)(C)C. The monoisotopic (exact) mass is 1480 g/mol. The Labute approximate surface area is 650 Å². The predicted molar refractivity (Wildman–Crippen MR) is 459 cm³/mol. The van der Waals surface area contributed by atoms with Crippen molar-refractivity contribution < 1.29 is 42.1 Å². The van der Waals surface area contributed by atoms with Crippen LogP contribution >= 0.6 is 7.82 Å². The number of hydrogen-bond donors (Lipinski definition) is 1. The van der Waals surface area contributed by atoms with Gasteiger partial charge in [-0.25, -0.2) is 4.57 Å². The zero-order valence-corrected chi connectivity index (χ0v) is 70.1. The van der Waals surface area contributed by atoms with Gasteiger partial charge in [0.15, 0.2) is 6.10 Å². The van der Waals surface area contributed by atoms with Gasteiger partial charge in [0.25, 0.3) is 0 Å². The van der Waals surface area contributed by atoms with E-state index in [0.717, 1.165) is 122 Å². The van der Waals surface area contributed by atoms with Gasteiger partial charge in [-0.2, -0.15) is 0 Å². The highest BCUT2D eigenvalue weighted by Crippen LogP contribution is 2.43. The number of ether oxygens (including phenoxy) is 2. The lowest BCUT2D eigenvalue weighted by molar-refractivity contribution is -0.870. The molecular formula is C95H167NO8P+. The van der Waals surface area contributed by atoms with Crippen LogP contribution in [0.15, 0.2) is 146 Å². The maximum atomic E-state index is 12.9. The molecule has 2 unspecified atom stereocenters. The van der Waals surface area contributed by atoms with Gasteiger partial charge in [0.1, 0.15) is 19.8 Å². The quantitative estimate of drug-likeness (QED) is 0.0211. The molecule has 0 saturated heterocycles. The normalized spacial score (nSPS) is 13.7. The Morgan fingerprint density at radius 3 is 0.810 bits per heavy atom. The molecule has 0 rings (SSSR count). The molecule has 0 fully saturated rings. The van der Waals surface area contributed by atoms with Crippen LogP contribution in [-0.4, -0.2) is 74.9 Å². The summed E-state index contributed by atoms with van der Waals surface area (Å²) in [4.78, 5) is 36.0. The number of carbonyl (C=O) groups excluding carboxylic acids is 2. The number of likely N-dealkylation sites (N-methyl/N-ethyl adjacent to an activating group) is 1. The van der Waals surface area contributed by atoms with Crippen molar-refractivity contribution in [2.75, 3.05) is 47.5 Å². The summed E-state index contributed by atoms with van der Waals surface area (Å²) in [5.41, 5.74) is 0. The summed E-state index contributed by atoms with van der Waals surface area (Å²) in [7, 11) is 1.46. The fourth-order valence-electron chi connectivity index (χ4n) is 12.5. The molecule has 9 nitrogen and oxygen atoms in total. The van der Waals surface area contributed by atoms with E-state index in [0.29, 0.717) is 17.4 Å². The van der Waals surface area contributed by atoms with Crippen molar-refractivity contribution in [2.24, 2.45) is 0 Å². The third kappa shape index (κ3) is 88.7. The smallest absolute Gasteiger partial charge is 0.462 e. The summed E-state index contributed by atoms with van der Waals surface area (Å²) in [5.74, 6) is -0.821. The summed E-state index contributed by atoms with van der Waals surface area (Å²) in [5, 5.41) is 0. The number of phosphoric ester groups is 1. The van der Waals surface area contributed by atoms with Gasteiger partial charge in [-0.1, -0.05) is 423 Å². The second kappa shape index (κ2) is 83.9. The number of unbranched alkanes of at least 4 members (excludes halogenated alkanes) is 43. The number of hydrogen-bond acceptors (Lipinski definition) is 7. The molecule has 0 aromatic carbocycles. The summed E-state index contributed by atoms with van der Waals surface area (Å²) in [6.45, 7) is 4.33. The number of esters is 2. The first-order valence-corrected chi connectivity index (χ1v) is 45.6. The lowest BCUT2D eigenvalue weighted by atomic mass is 10.0. The Kier molecular flexibility index (Phi) is 80.6. The van der Waals surface area contributed by atoms with Crippen LogP contribution in [0, 0.1) is 0 Å². The second-order valence-corrected chi connectivity index (χ2v) is 32.0. The molecule has 0 aliphatic heterocycles. The van der Waals surface area contributed by atoms with Crippen LogP contribution in [0.2, 0.25) is 0 Å². The van der Waals surface area contributed by atoms with E-state index in [1.54, 1.807) is 0 Å². The van der Waals surface area contributed by atoms with Gasteiger partial charge < -0.3 is 18.9 Å². The Balaban J connectivity index is 4.00. The minimum atomic E-state index is -4.41. The van der Waals surface area contributed by atoms with Gasteiger partial charge in [0.2, 0.25) is 0 Å². The van der Waals surface area contributed by atoms with Crippen molar-refractivity contribution in [3.05, 3.63) is 146 Å². The van der Waals surface area contributed by atoms with Crippen LogP contribution in [0.5, 0.6) is 0 Å². The highest BCUT2D eigenvalue weighted by atomic mass is 31.2. The minimum absolute atomic E-state index is 0.0209. The molecule has 105 heavy (non-hydrogen) atoms. The molecular weight excluding hydrogens is 1310 g/mol. The summed E-state index contributed by atoms with van der Waals surface area (Å²) >= 11 is 0. The van der Waals surface area contributed by atoms with E-state index < -0.39 is 26.5 Å². The molecule has 0 aromatic rings. The van der Waals surface area contributed by atoms with Crippen LogP contribution in [0.3, 0.4) is 0 Å². The maximum absolute atomic E-state index is 12.9. The van der Waals surface area contributed by atoms with Crippen LogP contribution in [0.4, 0.5) is 0 Å². The lowest BCUT2D eigenvalue weighted by Gasteiger charge is -2.24. The molecule has 0 aliphatic rings. The zero-order valence-electron chi connectivity index (χ0n) is 69.2. The average Bonchev–Trinajstić information content (AvgIpc) is 0.935. The number of phosphoric acid groups is 1. The first-order valence-electron chi connectivity index (χ1n) is 44.1. The van der Waals surface area contributed by atoms with E-state index in [1.807, 2.05) is 21.1 Å². The highest BCUT2D eigenvalue weighted by molar-refractivity contribution is 7.47. The Morgan fingerprint density at radius 2 is 0.543 bits per heavy atom. The topological polar surface area (TPSA) is 108 Å². The maximum Gasteiger partial charge on any atom is 0.472 e. The molecule has 0 amide bonds. The minimum Gasteiger partial charge on any atom is -0.462 e. The average molecular weight is 1480 g/mol. The first-order chi connectivity index (χ1) is 51.5. The van der Waals surface area contributed by atoms with Gasteiger partial charge in [-0.05, 0) is 103 Å². The standard InChI is InChI=1S/C95H166NO8P/c1-6-8-10-12-14-16-18-20-22-24-26-28-30-32-34-36-38-40-42-44-46-48-50-52-54-56-58-60-62-64-66-68-70-72-74-76-78-80-82-84-86-88-95(98)104-93(92-103-105(99,100)102-90-89-96(3,4)5)91-101-94(97)87-85-83-81-79-77-75-73-71-69-67-65-63-61-59-57-55-53-51-49-47-45-43-41-39-37-35-33-31-29-27-25-23-21-19-17-15-13-11-9-7-2/h8,10,14,16,20,22,26,28,32,34,38,40,44,46,50,52,56,58,62,64,68,70,74,76,93H,6-7,9,11-13,15,17-19,21,23-25,27,29-31,33,35-37,39,41-43,45,47-49,51,53-55,57,59-61,63,65-67,69,71-73,75,77-92H2,1-5H3/p+1/b10-8-,16-14-,22-20-,28-26-,34-32-,40-38-,46-44-,52-50-,58-56-,64-62-,70-68-,76-74-. The van der Waals surface area contributed by atoms with Gasteiger partial charge in [0.05, 0.1) is 27.7 Å². The number of allylic oxidation sites excluding steroid dienone is 24. The fraction of sp³-hybridized carbons (Fsp3) is 0.726. The molecule has 0 bridgehead atoms. The van der Waals surface area contributed by atoms with E-state index in [9.17, 15) is 19.0 Å². The highest BCUT2D eigenvalue weighted by Gasteiger charge is 2.27. The molecule has 10 heteroatoms. The molecule has 1 N–H and O–H groups in total. The molecule has 0 saturated carbocycles.